The standard InChI is InChI=1S/C14H17N3O3S/c1-9(13(8-18)21-2)16-11-6-7-15-14-10(11)4-3-5-12(14)17(19)20/h3-7,9,13,18H,8H2,1-2H3,(H,15,16). The molecule has 7 heteroatoms. The van der Waals surface area contributed by atoms with Crippen molar-refractivity contribution in [3.63, 3.8) is 0 Å². The van der Waals surface area contributed by atoms with E-state index in [1.54, 1.807) is 36.2 Å². The molecule has 0 saturated heterocycles. The van der Waals surface area contributed by atoms with Crippen LogP contribution in [0.5, 0.6) is 0 Å². The van der Waals surface area contributed by atoms with Gasteiger partial charge in [0.2, 0.25) is 0 Å². The summed E-state index contributed by atoms with van der Waals surface area (Å²) in [5, 5.41) is 24.5. The third-order valence-corrected chi connectivity index (χ3v) is 4.53. The highest BCUT2D eigenvalue weighted by Crippen LogP contribution is 2.29. The number of aliphatic hydroxyl groups excluding tert-OH is 1. The van der Waals surface area contributed by atoms with Gasteiger partial charge in [0.25, 0.3) is 5.69 Å². The maximum atomic E-state index is 11.1. The van der Waals surface area contributed by atoms with Crippen LogP contribution in [0.2, 0.25) is 0 Å². The number of benzene rings is 1. The lowest BCUT2D eigenvalue weighted by Gasteiger charge is -2.23. The van der Waals surface area contributed by atoms with Crippen LogP contribution in [0.3, 0.4) is 0 Å². The highest BCUT2D eigenvalue weighted by molar-refractivity contribution is 7.99. The predicted octanol–water partition coefficient (Wildman–Crippen LogP) is 2.67. The molecule has 2 aromatic rings. The maximum absolute atomic E-state index is 11.1. The Morgan fingerprint density at radius 2 is 2.24 bits per heavy atom. The lowest BCUT2D eigenvalue weighted by atomic mass is 10.1. The molecular weight excluding hydrogens is 290 g/mol. The Bertz CT molecular complexity index is 646. The molecule has 0 radical (unpaired) electrons. The first-order chi connectivity index (χ1) is 10.1. The van der Waals surface area contributed by atoms with E-state index in [1.165, 1.54) is 6.07 Å². The number of nitrogens with zero attached hydrogens (tertiary/aromatic N) is 2. The van der Waals surface area contributed by atoms with E-state index in [9.17, 15) is 15.2 Å². The summed E-state index contributed by atoms with van der Waals surface area (Å²) >= 11 is 1.57. The van der Waals surface area contributed by atoms with Crippen LogP contribution in [0.25, 0.3) is 10.9 Å². The fraction of sp³-hybridized carbons (Fsp3) is 0.357. The molecule has 1 heterocycles. The third-order valence-electron chi connectivity index (χ3n) is 3.37. The molecule has 0 fully saturated rings. The fourth-order valence-electron chi connectivity index (χ4n) is 2.21. The number of thioether (sulfide) groups is 1. The van der Waals surface area contributed by atoms with Gasteiger partial charge >= 0.3 is 0 Å². The van der Waals surface area contributed by atoms with Crippen molar-refractivity contribution in [2.45, 2.75) is 18.2 Å². The molecular formula is C14H17N3O3S. The number of anilines is 1. The first-order valence-electron chi connectivity index (χ1n) is 6.50. The molecule has 0 bridgehead atoms. The minimum Gasteiger partial charge on any atom is -0.395 e. The van der Waals surface area contributed by atoms with Gasteiger partial charge in [-0.3, -0.25) is 10.1 Å². The number of hydrogen-bond acceptors (Lipinski definition) is 6. The summed E-state index contributed by atoms with van der Waals surface area (Å²) in [5.41, 5.74) is 1.14. The molecule has 1 aromatic carbocycles. The second kappa shape index (κ2) is 6.73. The Kier molecular flexibility index (Phi) is 4.98. The zero-order chi connectivity index (χ0) is 15.4. The van der Waals surface area contributed by atoms with E-state index >= 15 is 0 Å². The monoisotopic (exact) mass is 307 g/mol. The van der Waals surface area contributed by atoms with Gasteiger partial charge in [0.15, 0.2) is 0 Å². The minimum atomic E-state index is -0.430. The zero-order valence-electron chi connectivity index (χ0n) is 11.8. The van der Waals surface area contributed by atoms with Crippen LogP contribution in [0, 0.1) is 10.1 Å². The van der Waals surface area contributed by atoms with Gasteiger partial charge in [-0.25, -0.2) is 4.98 Å². The lowest BCUT2D eigenvalue weighted by Crippen LogP contribution is -2.31. The van der Waals surface area contributed by atoms with E-state index in [0.717, 1.165) is 5.69 Å². The van der Waals surface area contributed by atoms with Crippen LogP contribution in [-0.4, -0.2) is 39.2 Å². The molecule has 21 heavy (non-hydrogen) atoms. The highest BCUT2D eigenvalue weighted by atomic mass is 32.2. The molecule has 0 saturated carbocycles. The van der Waals surface area contributed by atoms with Crippen molar-refractivity contribution in [3.8, 4) is 0 Å². The Morgan fingerprint density at radius 1 is 1.48 bits per heavy atom. The molecule has 0 aliphatic rings. The van der Waals surface area contributed by atoms with Crippen LogP contribution < -0.4 is 5.32 Å². The Morgan fingerprint density at radius 3 is 2.86 bits per heavy atom. The maximum Gasteiger partial charge on any atom is 0.295 e. The number of pyridine rings is 1. The van der Waals surface area contributed by atoms with Crippen molar-refractivity contribution >= 4 is 34.0 Å². The number of nitro benzene ring substituents is 1. The molecule has 2 unspecified atom stereocenters. The van der Waals surface area contributed by atoms with E-state index in [-0.39, 0.29) is 23.6 Å². The number of rotatable bonds is 6. The van der Waals surface area contributed by atoms with E-state index in [1.807, 2.05) is 13.2 Å². The van der Waals surface area contributed by atoms with Gasteiger partial charge in [0.05, 0.1) is 11.5 Å². The molecule has 0 spiro atoms. The summed E-state index contributed by atoms with van der Waals surface area (Å²) in [4.78, 5) is 14.7. The van der Waals surface area contributed by atoms with Crippen molar-refractivity contribution in [1.29, 1.82) is 0 Å². The molecule has 0 aliphatic carbocycles. The van der Waals surface area contributed by atoms with Crippen LogP contribution in [0.15, 0.2) is 30.5 Å². The van der Waals surface area contributed by atoms with Crippen molar-refractivity contribution in [1.82, 2.24) is 4.98 Å². The normalized spacial score (nSPS) is 13.9. The minimum absolute atomic E-state index is 0.00706. The van der Waals surface area contributed by atoms with E-state index < -0.39 is 4.92 Å². The smallest absolute Gasteiger partial charge is 0.295 e. The number of aromatic nitrogens is 1. The molecule has 0 aliphatic heterocycles. The van der Waals surface area contributed by atoms with Gasteiger partial charge in [-0.05, 0) is 19.2 Å². The van der Waals surface area contributed by atoms with Crippen LogP contribution in [0.1, 0.15) is 6.92 Å². The second-order valence-electron chi connectivity index (χ2n) is 4.68. The number of nitro groups is 1. The second-order valence-corrected chi connectivity index (χ2v) is 5.76. The topological polar surface area (TPSA) is 88.3 Å². The van der Waals surface area contributed by atoms with Crippen LogP contribution in [0.4, 0.5) is 11.4 Å². The molecule has 2 atom stereocenters. The first-order valence-corrected chi connectivity index (χ1v) is 7.79. The number of hydrogen-bond donors (Lipinski definition) is 2. The molecule has 2 rings (SSSR count). The van der Waals surface area contributed by atoms with E-state index in [4.69, 9.17) is 0 Å². The van der Waals surface area contributed by atoms with Gasteiger partial charge in [0.1, 0.15) is 5.52 Å². The fourth-order valence-corrected chi connectivity index (χ4v) is 2.83. The SMILES string of the molecule is CSC(CO)C(C)Nc1ccnc2c([N+](=O)[O-])cccc12. The van der Waals surface area contributed by atoms with Gasteiger partial charge < -0.3 is 10.4 Å². The van der Waals surface area contributed by atoms with Gasteiger partial charge in [0, 0.05) is 34.6 Å². The van der Waals surface area contributed by atoms with Crippen molar-refractivity contribution in [2.24, 2.45) is 0 Å². The van der Waals surface area contributed by atoms with Gasteiger partial charge in [-0.15, -0.1) is 0 Å². The summed E-state index contributed by atoms with van der Waals surface area (Å²) in [6, 6.07) is 6.71. The number of fused-ring (bicyclic) bond motifs is 1. The quantitative estimate of drug-likeness (QED) is 0.630. The molecule has 0 amide bonds. The molecule has 2 N–H and O–H groups in total. The number of aliphatic hydroxyl groups is 1. The average molecular weight is 307 g/mol. The number of non-ortho nitro benzene ring substituents is 1. The highest BCUT2D eigenvalue weighted by Gasteiger charge is 2.18. The zero-order valence-corrected chi connectivity index (χ0v) is 12.6. The van der Waals surface area contributed by atoms with E-state index in [2.05, 4.69) is 10.3 Å². The van der Waals surface area contributed by atoms with E-state index in [0.29, 0.717) is 10.9 Å². The summed E-state index contributed by atoms with van der Waals surface area (Å²) in [6.45, 7) is 2.04. The largest absolute Gasteiger partial charge is 0.395 e. The average Bonchev–Trinajstić information content (AvgIpc) is 2.48. The first kappa shape index (κ1) is 15.5. The predicted molar refractivity (Wildman–Crippen MR) is 85.9 cm³/mol. The third kappa shape index (κ3) is 3.25. The van der Waals surface area contributed by atoms with Gasteiger partial charge in [-0.2, -0.15) is 11.8 Å². The van der Waals surface area contributed by atoms with Crippen molar-refractivity contribution in [2.75, 3.05) is 18.2 Å². The summed E-state index contributed by atoms with van der Waals surface area (Å²) in [6.07, 6.45) is 3.49. The Balaban J connectivity index is 2.41. The number of nitrogens with one attached hydrogen (secondary N) is 1. The van der Waals surface area contributed by atoms with Crippen LogP contribution >= 0.6 is 11.8 Å². The van der Waals surface area contributed by atoms with Crippen molar-refractivity contribution < 1.29 is 10.0 Å². The van der Waals surface area contributed by atoms with Crippen molar-refractivity contribution in [3.05, 3.63) is 40.6 Å². The summed E-state index contributed by atoms with van der Waals surface area (Å²) in [5.74, 6) is 0. The molecule has 6 nitrogen and oxygen atoms in total. The molecule has 1 aromatic heterocycles. The molecule has 112 valence electrons. The van der Waals surface area contributed by atoms with Crippen LogP contribution in [-0.2, 0) is 0 Å². The van der Waals surface area contributed by atoms with Gasteiger partial charge in [-0.1, -0.05) is 12.1 Å². The lowest BCUT2D eigenvalue weighted by molar-refractivity contribution is -0.383. The Labute approximate surface area is 126 Å². The Hall–Kier alpha value is -1.86. The number of para-hydroxylation sites is 1. The summed E-state index contributed by atoms with van der Waals surface area (Å²) in [7, 11) is 0. The summed E-state index contributed by atoms with van der Waals surface area (Å²) < 4.78 is 0.